The molecule has 174 valence electrons. The van der Waals surface area contributed by atoms with Gasteiger partial charge in [0.25, 0.3) is 0 Å². The maximum absolute atomic E-state index is 13.2. The van der Waals surface area contributed by atoms with Crippen LogP contribution in [0.1, 0.15) is 48.0 Å². The van der Waals surface area contributed by atoms with Gasteiger partial charge in [-0.2, -0.15) is 0 Å². The van der Waals surface area contributed by atoms with Crippen LogP contribution in [0.25, 0.3) is 10.8 Å². The normalized spacial score (nSPS) is 16.9. The van der Waals surface area contributed by atoms with Gasteiger partial charge < -0.3 is 14.4 Å². The van der Waals surface area contributed by atoms with Gasteiger partial charge in [-0.1, -0.05) is 23.2 Å². The van der Waals surface area contributed by atoms with Gasteiger partial charge in [0.2, 0.25) is 0 Å². The Bertz CT molecular complexity index is 1030. The molecular weight excluding hydrogens is 455 g/mol. The van der Waals surface area contributed by atoms with Gasteiger partial charge in [-0.05, 0) is 65.5 Å². The van der Waals surface area contributed by atoms with E-state index >= 15 is 0 Å². The fourth-order valence-electron chi connectivity index (χ4n) is 3.38. The minimum atomic E-state index is -0.702. The molecule has 0 saturated carbocycles. The van der Waals surface area contributed by atoms with Crippen molar-refractivity contribution in [3.63, 3.8) is 0 Å². The van der Waals surface area contributed by atoms with Crippen molar-refractivity contribution in [1.82, 2.24) is 14.9 Å². The molecule has 0 radical (unpaired) electrons. The lowest BCUT2D eigenvalue weighted by molar-refractivity contribution is 0.0287. The second-order valence-corrected chi connectivity index (χ2v) is 10.5. The van der Waals surface area contributed by atoms with E-state index in [0.717, 1.165) is 0 Å². The van der Waals surface area contributed by atoms with Crippen LogP contribution in [0.4, 0.5) is 15.4 Å². The first-order valence-electron chi connectivity index (χ1n) is 10.4. The number of anilines is 1. The van der Waals surface area contributed by atoms with Crippen LogP contribution in [0, 0.1) is 0 Å². The Balaban J connectivity index is 1.94. The van der Waals surface area contributed by atoms with Gasteiger partial charge in [0, 0.05) is 24.7 Å². The second-order valence-electron chi connectivity index (χ2n) is 9.72. The highest BCUT2D eigenvalue weighted by Gasteiger charge is 2.38. The molecule has 0 N–H and O–H groups in total. The van der Waals surface area contributed by atoms with Gasteiger partial charge in [-0.25, -0.2) is 19.6 Å². The van der Waals surface area contributed by atoms with Crippen LogP contribution in [-0.4, -0.2) is 57.4 Å². The maximum Gasteiger partial charge on any atom is 0.416 e. The Morgan fingerprint density at radius 3 is 2.38 bits per heavy atom. The largest absolute Gasteiger partial charge is 0.444 e. The zero-order valence-corrected chi connectivity index (χ0v) is 20.6. The van der Waals surface area contributed by atoms with Gasteiger partial charge in [0.1, 0.15) is 27.3 Å². The summed E-state index contributed by atoms with van der Waals surface area (Å²) in [5, 5.41) is 1.77. The number of aromatic nitrogens is 2. The van der Waals surface area contributed by atoms with Crippen molar-refractivity contribution in [1.29, 1.82) is 0 Å². The number of likely N-dealkylation sites (tertiary alicyclic amines) is 1. The molecule has 8 nitrogen and oxygen atoms in total. The van der Waals surface area contributed by atoms with Crippen LogP contribution in [-0.2, 0) is 9.47 Å². The Morgan fingerprint density at radius 2 is 1.75 bits per heavy atom. The molecular formula is C22H28Cl2N4O4. The number of halogens is 2. The van der Waals surface area contributed by atoms with E-state index in [-0.39, 0.29) is 16.3 Å². The molecule has 32 heavy (non-hydrogen) atoms. The van der Waals surface area contributed by atoms with Gasteiger partial charge in [0.05, 0.1) is 6.04 Å². The highest BCUT2D eigenvalue weighted by atomic mass is 35.5. The average Bonchev–Trinajstić information content (AvgIpc) is 3.08. The van der Waals surface area contributed by atoms with Crippen LogP contribution < -0.4 is 4.90 Å². The number of hydrogen-bond donors (Lipinski definition) is 0. The van der Waals surface area contributed by atoms with Gasteiger partial charge >= 0.3 is 12.2 Å². The average molecular weight is 483 g/mol. The third-order valence-corrected chi connectivity index (χ3v) is 5.12. The molecule has 0 bridgehead atoms. The fourth-order valence-corrected chi connectivity index (χ4v) is 3.88. The number of amides is 2. The number of carbonyl (C=O) groups is 2. The van der Waals surface area contributed by atoms with E-state index in [0.29, 0.717) is 36.1 Å². The van der Waals surface area contributed by atoms with Crippen molar-refractivity contribution in [2.45, 2.75) is 65.2 Å². The first-order valence-corrected chi connectivity index (χ1v) is 11.1. The summed E-state index contributed by atoms with van der Waals surface area (Å²) in [6.45, 7) is 11.6. The molecule has 1 aliphatic rings. The molecule has 1 aliphatic heterocycles. The Morgan fingerprint density at radius 1 is 1.09 bits per heavy atom. The zero-order valence-electron chi connectivity index (χ0n) is 19.1. The highest BCUT2D eigenvalue weighted by Crippen LogP contribution is 2.30. The standard InChI is InChI=1S/C22H28Cl2N4O4/c1-21(2,3)31-19(29)27-8-7-14(12-27)28(20(30)32-22(4,5)6)17-10-13-9-16(23)26-18(24)15(13)11-25-17/h9-11,14H,7-8,12H2,1-6H3. The summed E-state index contributed by atoms with van der Waals surface area (Å²) in [6.07, 6.45) is 1.14. The van der Waals surface area contributed by atoms with E-state index in [1.165, 1.54) is 4.90 Å². The van der Waals surface area contributed by atoms with Crippen LogP contribution in [0.3, 0.4) is 0 Å². The topological polar surface area (TPSA) is 84.9 Å². The predicted molar refractivity (Wildman–Crippen MR) is 124 cm³/mol. The van der Waals surface area contributed by atoms with Crippen molar-refractivity contribution >= 4 is 52.0 Å². The first-order chi connectivity index (χ1) is 14.7. The molecule has 3 heterocycles. The van der Waals surface area contributed by atoms with Gasteiger partial charge in [-0.15, -0.1) is 0 Å². The van der Waals surface area contributed by atoms with Gasteiger partial charge in [0.15, 0.2) is 0 Å². The van der Waals surface area contributed by atoms with E-state index in [9.17, 15) is 9.59 Å². The molecule has 2 aromatic heterocycles. The molecule has 0 aromatic carbocycles. The number of pyridine rings is 2. The zero-order chi connectivity index (χ0) is 23.8. The van der Waals surface area contributed by atoms with Crippen LogP contribution in [0.2, 0.25) is 10.3 Å². The van der Waals surface area contributed by atoms with E-state index < -0.39 is 23.4 Å². The van der Waals surface area contributed by atoms with E-state index in [4.69, 9.17) is 32.7 Å². The lowest BCUT2D eigenvalue weighted by Crippen LogP contribution is -2.46. The Hall–Kier alpha value is -2.32. The van der Waals surface area contributed by atoms with E-state index in [1.54, 1.807) is 44.0 Å². The van der Waals surface area contributed by atoms with Crippen molar-refractivity contribution in [3.05, 3.63) is 28.6 Å². The summed E-state index contributed by atoms with van der Waals surface area (Å²) in [5.41, 5.74) is -1.31. The molecule has 1 saturated heterocycles. The van der Waals surface area contributed by atoms with Crippen LogP contribution in [0.15, 0.2) is 18.3 Å². The molecule has 1 fully saturated rings. The number of carbonyl (C=O) groups excluding carboxylic acids is 2. The smallest absolute Gasteiger partial charge is 0.416 e. The molecule has 2 aromatic rings. The summed E-state index contributed by atoms with van der Waals surface area (Å²) in [6, 6.07) is 3.03. The Kier molecular flexibility index (Phi) is 6.77. The minimum Gasteiger partial charge on any atom is -0.444 e. The molecule has 1 atom stereocenters. The summed E-state index contributed by atoms with van der Waals surface area (Å²) in [5.74, 6) is 0.376. The third-order valence-electron chi connectivity index (χ3n) is 4.64. The quantitative estimate of drug-likeness (QED) is 0.511. The van der Waals surface area contributed by atoms with E-state index in [2.05, 4.69) is 9.97 Å². The molecule has 3 rings (SSSR count). The summed E-state index contributed by atoms with van der Waals surface area (Å²) >= 11 is 12.2. The molecule has 0 spiro atoms. The molecule has 2 amide bonds. The molecule has 1 unspecified atom stereocenters. The maximum atomic E-state index is 13.2. The number of nitrogens with zero attached hydrogens (tertiary/aromatic N) is 4. The molecule has 0 aliphatic carbocycles. The lowest BCUT2D eigenvalue weighted by atomic mass is 10.2. The van der Waals surface area contributed by atoms with Crippen LogP contribution >= 0.6 is 23.2 Å². The monoisotopic (exact) mass is 482 g/mol. The summed E-state index contributed by atoms with van der Waals surface area (Å²) < 4.78 is 11.1. The predicted octanol–water partition coefficient (Wildman–Crippen LogP) is 5.69. The summed E-state index contributed by atoms with van der Waals surface area (Å²) in [4.78, 5) is 37.3. The number of hydrogen-bond acceptors (Lipinski definition) is 6. The van der Waals surface area contributed by atoms with Crippen molar-refractivity contribution in [3.8, 4) is 0 Å². The summed E-state index contributed by atoms with van der Waals surface area (Å²) in [7, 11) is 0. The van der Waals surface area contributed by atoms with Crippen LogP contribution in [0.5, 0.6) is 0 Å². The Labute approximate surface area is 197 Å². The van der Waals surface area contributed by atoms with Crippen molar-refractivity contribution < 1.29 is 19.1 Å². The van der Waals surface area contributed by atoms with Crippen molar-refractivity contribution in [2.24, 2.45) is 0 Å². The third kappa shape index (κ3) is 5.92. The highest BCUT2D eigenvalue weighted by molar-refractivity contribution is 6.36. The lowest BCUT2D eigenvalue weighted by Gasteiger charge is -2.31. The van der Waals surface area contributed by atoms with E-state index in [1.807, 2.05) is 20.8 Å². The first kappa shape index (κ1) is 24.3. The van der Waals surface area contributed by atoms with Crippen molar-refractivity contribution in [2.75, 3.05) is 18.0 Å². The SMILES string of the molecule is CC(C)(C)OC(=O)N1CCC(N(C(=O)OC(C)(C)C)c2cc3cc(Cl)nc(Cl)c3cn2)C1. The number of rotatable bonds is 2. The minimum absolute atomic E-state index is 0.229. The number of fused-ring (bicyclic) bond motifs is 1. The fraction of sp³-hybridized carbons (Fsp3) is 0.545. The molecule has 10 heteroatoms. The van der Waals surface area contributed by atoms with Gasteiger partial charge in [-0.3, -0.25) is 4.90 Å². The number of ether oxygens (including phenoxy) is 2. The second kappa shape index (κ2) is 8.90.